The molecule has 0 aliphatic rings. The SMILES string of the molecule is C=CCN(c1cnccc1CNCCC)C(C)(C)C. The maximum absolute atomic E-state index is 4.29. The van der Waals surface area contributed by atoms with Crippen LogP contribution in [0.3, 0.4) is 0 Å². The highest BCUT2D eigenvalue weighted by Gasteiger charge is 2.22. The molecule has 0 aliphatic carbocycles. The molecule has 0 amide bonds. The quantitative estimate of drug-likeness (QED) is 0.602. The lowest BCUT2D eigenvalue weighted by atomic mass is 10.0. The predicted molar refractivity (Wildman–Crippen MR) is 83.5 cm³/mol. The zero-order chi connectivity index (χ0) is 14.3. The number of nitrogens with one attached hydrogen (secondary N) is 1. The molecule has 0 saturated heterocycles. The van der Waals surface area contributed by atoms with Crippen LogP contribution in [-0.4, -0.2) is 23.6 Å². The topological polar surface area (TPSA) is 28.2 Å². The van der Waals surface area contributed by atoms with Gasteiger partial charge in [-0.05, 0) is 45.4 Å². The number of rotatable bonds is 7. The second-order valence-electron chi connectivity index (χ2n) is 5.75. The molecule has 0 radical (unpaired) electrons. The van der Waals surface area contributed by atoms with Crippen LogP contribution in [-0.2, 0) is 6.54 Å². The van der Waals surface area contributed by atoms with Crippen molar-refractivity contribution in [2.45, 2.75) is 46.2 Å². The summed E-state index contributed by atoms with van der Waals surface area (Å²) in [4.78, 5) is 6.63. The minimum absolute atomic E-state index is 0.0523. The van der Waals surface area contributed by atoms with Gasteiger partial charge < -0.3 is 10.2 Å². The summed E-state index contributed by atoms with van der Waals surface area (Å²) in [6.07, 6.45) is 6.91. The van der Waals surface area contributed by atoms with Gasteiger partial charge in [-0.3, -0.25) is 4.98 Å². The van der Waals surface area contributed by atoms with E-state index < -0.39 is 0 Å². The fourth-order valence-corrected chi connectivity index (χ4v) is 2.07. The van der Waals surface area contributed by atoms with Crippen molar-refractivity contribution in [2.75, 3.05) is 18.0 Å². The van der Waals surface area contributed by atoms with E-state index in [4.69, 9.17) is 0 Å². The average Bonchev–Trinajstić information content (AvgIpc) is 2.36. The van der Waals surface area contributed by atoms with Crippen molar-refractivity contribution in [3.63, 3.8) is 0 Å². The molecule has 0 fully saturated rings. The molecule has 19 heavy (non-hydrogen) atoms. The summed E-state index contributed by atoms with van der Waals surface area (Å²) in [7, 11) is 0. The summed E-state index contributed by atoms with van der Waals surface area (Å²) < 4.78 is 0. The lowest BCUT2D eigenvalue weighted by molar-refractivity contribution is 0.519. The Bertz CT molecular complexity index is 393. The first kappa shape index (κ1) is 15.7. The molecule has 3 heteroatoms. The van der Waals surface area contributed by atoms with Crippen molar-refractivity contribution >= 4 is 5.69 Å². The Balaban J connectivity index is 2.98. The molecule has 1 aromatic rings. The zero-order valence-corrected chi connectivity index (χ0v) is 12.7. The van der Waals surface area contributed by atoms with E-state index in [0.29, 0.717) is 0 Å². The fraction of sp³-hybridized carbons (Fsp3) is 0.562. The molecule has 0 unspecified atom stereocenters. The third-order valence-corrected chi connectivity index (χ3v) is 3.04. The van der Waals surface area contributed by atoms with Crippen LogP contribution in [0.15, 0.2) is 31.1 Å². The highest BCUT2D eigenvalue weighted by Crippen LogP contribution is 2.26. The van der Waals surface area contributed by atoms with Crippen molar-refractivity contribution in [2.24, 2.45) is 0 Å². The van der Waals surface area contributed by atoms with Gasteiger partial charge in [-0.1, -0.05) is 13.0 Å². The van der Waals surface area contributed by atoms with Crippen LogP contribution in [0.5, 0.6) is 0 Å². The summed E-state index contributed by atoms with van der Waals surface area (Å²) in [6.45, 7) is 15.4. The third kappa shape index (κ3) is 4.67. The summed E-state index contributed by atoms with van der Waals surface area (Å²) >= 11 is 0. The van der Waals surface area contributed by atoms with Crippen LogP contribution in [0.1, 0.15) is 39.7 Å². The van der Waals surface area contributed by atoms with E-state index in [1.807, 2.05) is 18.5 Å². The van der Waals surface area contributed by atoms with E-state index in [1.165, 1.54) is 11.3 Å². The van der Waals surface area contributed by atoms with E-state index in [0.717, 1.165) is 26.1 Å². The maximum atomic E-state index is 4.29. The number of aromatic nitrogens is 1. The van der Waals surface area contributed by atoms with Gasteiger partial charge in [0.2, 0.25) is 0 Å². The minimum atomic E-state index is 0.0523. The van der Waals surface area contributed by atoms with Gasteiger partial charge in [-0.15, -0.1) is 6.58 Å². The normalized spacial score (nSPS) is 11.4. The molecule has 1 aromatic heterocycles. The summed E-state index contributed by atoms with van der Waals surface area (Å²) in [5, 5.41) is 3.46. The number of anilines is 1. The van der Waals surface area contributed by atoms with Crippen LogP contribution in [0, 0.1) is 0 Å². The predicted octanol–water partition coefficient (Wildman–Crippen LogP) is 3.37. The number of hydrogen-bond acceptors (Lipinski definition) is 3. The highest BCUT2D eigenvalue weighted by molar-refractivity contribution is 5.54. The van der Waals surface area contributed by atoms with Gasteiger partial charge in [0.1, 0.15) is 0 Å². The first-order valence-corrected chi connectivity index (χ1v) is 7.02. The van der Waals surface area contributed by atoms with Gasteiger partial charge in [0.25, 0.3) is 0 Å². The molecule has 0 atom stereocenters. The number of hydrogen-bond donors (Lipinski definition) is 1. The van der Waals surface area contributed by atoms with E-state index in [-0.39, 0.29) is 5.54 Å². The molecule has 0 aromatic carbocycles. The summed E-state index contributed by atoms with van der Waals surface area (Å²) in [5.41, 5.74) is 2.54. The number of nitrogens with zero attached hydrogens (tertiary/aromatic N) is 2. The molecule has 0 aliphatic heterocycles. The Labute approximate surface area is 117 Å². The summed E-state index contributed by atoms with van der Waals surface area (Å²) in [6, 6.07) is 2.10. The van der Waals surface area contributed by atoms with E-state index in [2.05, 4.69) is 55.5 Å². The fourth-order valence-electron chi connectivity index (χ4n) is 2.07. The molecule has 1 N–H and O–H groups in total. The summed E-state index contributed by atoms with van der Waals surface area (Å²) in [5.74, 6) is 0. The molecule has 106 valence electrons. The van der Waals surface area contributed by atoms with Gasteiger partial charge >= 0.3 is 0 Å². The zero-order valence-electron chi connectivity index (χ0n) is 12.7. The van der Waals surface area contributed by atoms with Gasteiger partial charge in [0.05, 0.1) is 11.9 Å². The van der Waals surface area contributed by atoms with Gasteiger partial charge in [0, 0.05) is 24.8 Å². The maximum Gasteiger partial charge on any atom is 0.0605 e. The Morgan fingerprint density at radius 3 is 2.74 bits per heavy atom. The van der Waals surface area contributed by atoms with E-state index in [1.54, 1.807) is 0 Å². The lowest BCUT2D eigenvalue weighted by Gasteiger charge is -2.38. The van der Waals surface area contributed by atoms with Gasteiger partial charge in [0.15, 0.2) is 0 Å². The molecule has 0 bridgehead atoms. The van der Waals surface area contributed by atoms with Gasteiger partial charge in [-0.2, -0.15) is 0 Å². The smallest absolute Gasteiger partial charge is 0.0605 e. The number of pyridine rings is 1. The van der Waals surface area contributed by atoms with Crippen molar-refractivity contribution < 1.29 is 0 Å². The Morgan fingerprint density at radius 2 is 2.16 bits per heavy atom. The Morgan fingerprint density at radius 1 is 1.42 bits per heavy atom. The second kappa shape index (κ2) is 7.29. The first-order valence-electron chi connectivity index (χ1n) is 7.02. The monoisotopic (exact) mass is 261 g/mol. The Kier molecular flexibility index (Phi) is 6.03. The standard InChI is InChI=1S/C16H27N3/c1-6-9-17-12-14-8-10-18-13-15(14)19(11-7-2)16(3,4)5/h7-8,10,13,17H,2,6,9,11-12H2,1,3-5H3. The molecule has 0 saturated carbocycles. The van der Waals surface area contributed by atoms with Crippen LogP contribution >= 0.6 is 0 Å². The minimum Gasteiger partial charge on any atom is -0.361 e. The van der Waals surface area contributed by atoms with Crippen molar-refractivity contribution in [1.82, 2.24) is 10.3 Å². The molecule has 1 rings (SSSR count). The molecule has 0 spiro atoms. The van der Waals surface area contributed by atoms with Gasteiger partial charge in [-0.25, -0.2) is 0 Å². The van der Waals surface area contributed by atoms with E-state index >= 15 is 0 Å². The first-order chi connectivity index (χ1) is 9.00. The molecule has 1 heterocycles. The molecule has 3 nitrogen and oxygen atoms in total. The largest absolute Gasteiger partial charge is 0.361 e. The third-order valence-electron chi connectivity index (χ3n) is 3.04. The highest BCUT2D eigenvalue weighted by atomic mass is 15.2. The van der Waals surface area contributed by atoms with Crippen molar-refractivity contribution in [3.05, 3.63) is 36.7 Å². The lowest BCUT2D eigenvalue weighted by Crippen LogP contribution is -2.42. The van der Waals surface area contributed by atoms with Crippen LogP contribution in [0.4, 0.5) is 5.69 Å². The van der Waals surface area contributed by atoms with E-state index in [9.17, 15) is 0 Å². The molecular weight excluding hydrogens is 234 g/mol. The average molecular weight is 261 g/mol. The van der Waals surface area contributed by atoms with Crippen LogP contribution in [0.25, 0.3) is 0 Å². The van der Waals surface area contributed by atoms with Crippen molar-refractivity contribution in [3.8, 4) is 0 Å². The van der Waals surface area contributed by atoms with Crippen molar-refractivity contribution in [1.29, 1.82) is 0 Å². The second-order valence-corrected chi connectivity index (χ2v) is 5.75. The van der Waals surface area contributed by atoms with Crippen LogP contribution in [0.2, 0.25) is 0 Å². The van der Waals surface area contributed by atoms with Crippen LogP contribution < -0.4 is 10.2 Å². The Hall–Kier alpha value is -1.35. The molecular formula is C16H27N3.